The van der Waals surface area contributed by atoms with Crippen molar-refractivity contribution in [1.82, 2.24) is 9.55 Å². The van der Waals surface area contributed by atoms with E-state index in [1.54, 1.807) is 13.2 Å². The van der Waals surface area contributed by atoms with Crippen LogP contribution in [0, 0.1) is 0 Å². The summed E-state index contributed by atoms with van der Waals surface area (Å²) in [6.45, 7) is 2.01. The monoisotopic (exact) mass is 301 g/mol. The molecule has 0 aliphatic rings. The highest BCUT2D eigenvalue weighted by atomic mass is 35.5. The number of aryl methyl sites for hydroxylation is 1. The fraction of sp³-hybridized carbons (Fsp3) is 0.462. The van der Waals surface area contributed by atoms with Gasteiger partial charge >= 0.3 is 0 Å². The Balaban J connectivity index is 2.43. The number of fused-ring (bicyclic) bond motifs is 1. The van der Waals surface area contributed by atoms with Crippen LogP contribution >= 0.6 is 23.2 Å². The van der Waals surface area contributed by atoms with Gasteiger partial charge in [-0.2, -0.15) is 0 Å². The molecule has 104 valence electrons. The minimum absolute atomic E-state index is 0.465. The lowest BCUT2D eigenvalue weighted by molar-refractivity contribution is 0.174. The second-order valence-electron chi connectivity index (χ2n) is 4.36. The lowest BCUT2D eigenvalue weighted by Crippen LogP contribution is -2.07. The summed E-state index contributed by atoms with van der Waals surface area (Å²) < 4.78 is 7.31. The Morgan fingerprint density at radius 3 is 2.68 bits per heavy atom. The van der Waals surface area contributed by atoms with E-state index >= 15 is 0 Å². The molecule has 4 nitrogen and oxygen atoms in total. The van der Waals surface area contributed by atoms with E-state index in [4.69, 9.17) is 33.7 Å². The largest absolute Gasteiger partial charge is 0.377 e. The van der Waals surface area contributed by atoms with Crippen LogP contribution in [0.25, 0.3) is 11.0 Å². The quantitative estimate of drug-likeness (QED) is 0.834. The fourth-order valence-electron chi connectivity index (χ4n) is 2.07. The number of ether oxygens (including phenoxy) is 1. The third kappa shape index (κ3) is 3.20. The normalized spacial score (nSPS) is 11.4. The number of methoxy groups -OCH3 is 1. The summed E-state index contributed by atoms with van der Waals surface area (Å²) in [6.07, 6.45) is 1.98. The average molecular weight is 302 g/mol. The van der Waals surface area contributed by atoms with Crippen molar-refractivity contribution in [3.63, 3.8) is 0 Å². The van der Waals surface area contributed by atoms with E-state index in [9.17, 15) is 0 Å². The lowest BCUT2D eigenvalue weighted by Gasteiger charge is -2.08. The van der Waals surface area contributed by atoms with Crippen molar-refractivity contribution < 1.29 is 4.74 Å². The zero-order valence-corrected chi connectivity index (χ0v) is 12.3. The molecule has 0 aliphatic heterocycles. The molecule has 6 heteroatoms. The van der Waals surface area contributed by atoms with E-state index in [2.05, 4.69) is 9.55 Å². The minimum Gasteiger partial charge on any atom is -0.377 e. The Bertz CT molecular complexity index is 569. The van der Waals surface area contributed by atoms with Gasteiger partial charge in [-0.25, -0.2) is 4.98 Å². The maximum atomic E-state index is 6.08. The predicted molar refractivity (Wildman–Crippen MR) is 78.8 cm³/mol. The molecule has 0 radical (unpaired) electrons. The van der Waals surface area contributed by atoms with Gasteiger partial charge in [-0.05, 0) is 31.5 Å². The second kappa shape index (κ2) is 6.57. The first-order valence-corrected chi connectivity index (χ1v) is 6.96. The number of imidazole rings is 1. The first-order chi connectivity index (χ1) is 9.17. The van der Waals surface area contributed by atoms with E-state index in [0.29, 0.717) is 23.2 Å². The van der Waals surface area contributed by atoms with Crippen molar-refractivity contribution in [3.05, 3.63) is 28.0 Å². The van der Waals surface area contributed by atoms with Crippen LogP contribution < -0.4 is 5.73 Å². The molecule has 0 amide bonds. The molecule has 0 unspecified atom stereocenters. The van der Waals surface area contributed by atoms with Crippen LogP contribution in [-0.2, 0) is 17.9 Å². The summed E-state index contributed by atoms with van der Waals surface area (Å²) in [5.41, 5.74) is 7.36. The molecular formula is C13H17Cl2N3O. The summed E-state index contributed by atoms with van der Waals surface area (Å²) in [7, 11) is 1.66. The van der Waals surface area contributed by atoms with Crippen molar-refractivity contribution in [2.45, 2.75) is 26.0 Å². The molecule has 0 saturated carbocycles. The average Bonchev–Trinajstić information content (AvgIpc) is 2.69. The van der Waals surface area contributed by atoms with Crippen molar-refractivity contribution in [3.8, 4) is 0 Å². The van der Waals surface area contributed by atoms with E-state index in [-0.39, 0.29) is 0 Å². The topological polar surface area (TPSA) is 53.1 Å². The van der Waals surface area contributed by atoms with Crippen LogP contribution in [0.3, 0.4) is 0 Å². The summed E-state index contributed by atoms with van der Waals surface area (Å²) in [5, 5.41) is 1.06. The molecule has 0 aliphatic carbocycles. The van der Waals surface area contributed by atoms with Crippen molar-refractivity contribution in [1.29, 1.82) is 0 Å². The molecule has 1 aromatic carbocycles. The molecule has 2 rings (SSSR count). The predicted octanol–water partition coefficient (Wildman–Crippen LogP) is 3.23. The SMILES string of the molecule is COCc1nc2cc(Cl)c(Cl)cc2n1CCCCN. The third-order valence-corrected chi connectivity index (χ3v) is 3.70. The minimum atomic E-state index is 0.465. The van der Waals surface area contributed by atoms with Crippen LogP contribution in [0.5, 0.6) is 0 Å². The summed E-state index contributed by atoms with van der Waals surface area (Å²) in [5.74, 6) is 0.882. The maximum absolute atomic E-state index is 6.08. The van der Waals surface area contributed by atoms with Gasteiger partial charge in [0.25, 0.3) is 0 Å². The molecule has 1 heterocycles. The summed E-state index contributed by atoms with van der Waals surface area (Å²) in [4.78, 5) is 4.55. The van der Waals surface area contributed by atoms with Crippen LogP contribution in [0.4, 0.5) is 0 Å². The van der Waals surface area contributed by atoms with Gasteiger partial charge in [0.2, 0.25) is 0 Å². The highest BCUT2D eigenvalue weighted by Crippen LogP contribution is 2.28. The van der Waals surface area contributed by atoms with Crippen LogP contribution in [0.15, 0.2) is 12.1 Å². The Kier molecular flexibility index (Phi) is 5.05. The van der Waals surface area contributed by atoms with Crippen molar-refractivity contribution >= 4 is 34.2 Å². The molecule has 0 saturated heterocycles. The first-order valence-electron chi connectivity index (χ1n) is 6.20. The number of unbranched alkanes of at least 4 members (excludes halogenated alkanes) is 1. The first kappa shape index (κ1) is 14.6. The zero-order chi connectivity index (χ0) is 13.8. The van der Waals surface area contributed by atoms with E-state index in [1.807, 2.05) is 6.07 Å². The number of hydrogen-bond acceptors (Lipinski definition) is 3. The van der Waals surface area contributed by atoms with Gasteiger partial charge in [-0.1, -0.05) is 23.2 Å². The molecule has 19 heavy (non-hydrogen) atoms. The van der Waals surface area contributed by atoms with Gasteiger partial charge in [-0.15, -0.1) is 0 Å². The number of nitrogens with zero attached hydrogens (tertiary/aromatic N) is 2. The van der Waals surface area contributed by atoms with Crippen LogP contribution in [0.2, 0.25) is 10.0 Å². The third-order valence-electron chi connectivity index (χ3n) is 2.98. The Labute approximate surface area is 122 Å². The van der Waals surface area contributed by atoms with E-state index < -0.39 is 0 Å². The van der Waals surface area contributed by atoms with Gasteiger partial charge in [-0.3, -0.25) is 0 Å². The molecular weight excluding hydrogens is 285 g/mol. The highest BCUT2D eigenvalue weighted by Gasteiger charge is 2.12. The highest BCUT2D eigenvalue weighted by molar-refractivity contribution is 6.42. The maximum Gasteiger partial charge on any atom is 0.135 e. The van der Waals surface area contributed by atoms with Crippen molar-refractivity contribution in [2.24, 2.45) is 5.73 Å². The number of nitrogens with two attached hydrogens (primary N) is 1. The smallest absolute Gasteiger partial charge is 0.135 e. The van der Waals surface area contributed by atoms with Gasteiger partial charge in [0, 0.05) is 13.7 Å². The van der Waals surface area contributed by atoms with Gasteiger partial charge in [0.15, 0.2) is 0 Å². The molecule has 0 spiro atoms. The van der Waals surface area contributed by atoms with Crippen molar-refractivity contribution in [2.75, 3.05) is 13.7 Å². The molecule has 0 atom stereocenters. The molecule has 2 aromatic rings. The Hall–Kier alpha value is -0.810. The van der Waals surface area contributed by atoms with E-state index in [0.717, 1.165) is 36.2 Å². The van der Waals surface area contributed by atoms with Crippen LogP contribution in [0.1, 0.15) is 18.7 Å². The molecule has 0 bridgehead atoms. The van der Waals surface area contributed by atoms with Gasteiger partial charge in [0.1, 0.15) is 12.4 Å². The number of benzene rings is 1. The van der Waals surface area contributed by atoms with Crippen LogP contribution in [-0.4, -0.2) is 23.2 Å². The Morgan fingerprint density at radius 1 is 1.26 bits per heavy atom. The van der Waals surface area contributed by atoms with Gasteiger partial charge < -0.3 is 15.0 Å². The summed E-state index contributed by atoms with van der Waals surface area (Å²) in [6, 6.07) is 3.64. The second-order valence-corrected chi connectivity index (χ2v) is 5.18. The molecule has 0 fully saturated rings. The van der Waals surface area contributed by atoms with Gasteiger partial charge in [0.05, 0.1) is 21.1 Å². The lowest BCUT2D eigenvalue weighted by atomic mass is 10.3. The Morgan fingerprint density at radius 2 is 2.00 bits per heavy atom. The fourth-order valence-corrected chi connectivity index (χ4v) is 2.39. The molecule has 1 aromatic heterocycles. The summed E-state index contributed by atoms with van der Waals surface area (Å²) >= 11 is 12.1. The zero-order valence-electron chi connectivity index (χ0n) is 10.8. The standard InChI is InChI=1S/C13H17Cl2N3O/c1-19-8-13-17-11-6-9(14)10(15)7-12(11)18(13)5-3-2-4-16/h6-7H,2-5,8,16H2,1H3. The van der Waals surface area contributed by atoms with E-state index in [1.165, 1.54) is 0 Å². The number of halogens is 2. The number of rotatable bonds is 6. The number of hydrogen-bond donors (Lipinski definition) is 1. The number of aromatic nitrogens is 2. The molecule has 2 N–H and O–H groups in total.